The number of hydrogen-bond donors (Lipinski definition) is 0. The third-order valence-corrected chi connectivity index (χ3v) is 3.10. The Hall–Kier alpha value is -1.10. The highest BCUT2D eigenvalue weighted by Gasteiger charge is 2.30. The topological polar surface area (TPSA) is 4.93 Å². The van der Waals surface area contributed by atoms with Crippen LogP contribution in [0.2, 0.25) is 0 Å². The van der Waals surface area contributed by atoms with Crippen molar-refractivity contribution in [2.45, 2.75) is 13.1 Å². The van der Waals surface area contributed by atoms with Crippen LogP contribution in [0.3, 0.4) is 0 Å². The molecule has 0 aliphatic rings. The molecule has 0 N–H and O–H groups in total. The zero-order chi connectivity index (χ0) is 11.8. The van der Waals surface area contributed by atoms with E-state index < -0.39 is 11.7 Å². The van der Waals surface area contributed by atoms with E-state index in [4.69, 9.17) is 0 Å². The molecule has 0 bridgehead atoms. The maximum Gasteiger partial charge on any atom is 0.416 e. The number of hydrogen-bond acceptors (Lipinski definition) is 1. The molecule has 5 heteroatoms. The summed E-state index contributed by atoms with van der Waals surface area (Å²) in [6.45, 7) is 2.00. The van der Waals surface area contributed by atoms with Crippen molar-refractivity contribution in [3.05, 3.63) is 36.0 Å². The zero-order valence-electron chi connectivity index (χ0n) is 8.58. The second-order valence-corrected chi connectivity index (χ2v) is 4.56. The normalized spacial score (nSPS) is 12.2. The fraction of sp³-hybridized carbons (Fsp3) is 0.273. The van der Waals surface area contributed by atoms with Gasteiger partial charge in [-0.3, -0.25) is 3.97 Å². The van der Waals surface area contributed by atoms with Crippen molar-refractivity contribution in [1.29, 1.82) is 0 Å². The summed E-state index contributed by atoms with van der Waals surface area (Å²) in [6.07, 6.45) is -2.48. The number of rotatable bonds is 2. The Bertz CT molecular complexity index is 501. The molecule has 2 rings (SSSR count). The summed E-state index contributed by atoms with van der Waals surface area (Å²) in [6, 6.07) is 5.52. The first-order chi connectivity index (χ1) is 7.52. The second-order valence-electron chi connectivity index (χ2n) is 3.33. The van der Waals surface area contributed by atoms with Gasteiger partial charge in [0.2, 0.25) is 0 Å². The van der Waals surface area contributed by atoms with E-state index in [2.05, 4.69) is 0 Å². The zero-order valence-corrected chi connectivity index (χ0v) is 9.40. The molecule has 0 fully saturated rings. The lowest BCUT2D eigenvalue weighted by Gasteiger charge is -2.07. The molecule has 0 saturated heterocycles. The van der Waals surface area contributed by atoms with E-state index in [-0.39, 0.29) is 0 Å². The molecule has 0 amide bonds. The fourth-order valence-corrected chi connectivity index (χ4v) is 2.28. The van der Waals surface area contributed by atoms with Gasteiger partial charge in [-0.2, -0.15) is 13.2 Å². The van der Waals surface area contributed by atoms with E-state index in [0.717, 1.165) is 17.3 Å². The van der Waals surface area contributed by atoms with E-state index in [1.165, 1.54) is 12.1 Å². The Kier molecular flexibility index (Phi) is 2.88. The van der Waals surface area contributed by atoms with E-state index in [1.807, 2.05) is 10.9 Å². The molecule has 0 unspecified atom stereocenters. The van der Waals surface area contributed by atoms with Gasteiger partial charge in [0.1, 0.15) is 0 Å². The van der Waals surface area contributed by atoms with E-state index in [9.17, 15) is 13.2 Å². The minimum Gasteiger partial charge on any atom is -0.291 e. The van der Waals surface area contributed by atoms with Crippen LogP contribution in [0, 0.1) is 0 Å². The minimum atomic E-state index is -4.27. The summed E-state index contributed by atoms with van der Waals surface area (Å²) in [5.41, 5.74) is 0.221. The molecule has 1 aromatic carbocycles. The lowest BCUT2D eigenvalue weighted by atomic mass is 10.1. The SMILES string of the molecule is CCSn1ccc2cc(C(F)(F)F)ccc21. The summed E-state index contributed by atoms with van der Waals surface area (Å²) in [4.78, 5) is 0. The number of alkyl halides is 3. The monoisotopic (exact) mass is 245 g/mol. The lowest BCUT2D eigenvalue weighted by Crippen LogP contribution is -2.04. The van der Waals surface area contributed by atoms with Crippen LogP contribution >= 0.6 is 11.9 Å². The first-order valence-electron chi connectivity index (χ1n) is 4.84. The predicted molar refractivity (Wildman–Crippen MR) is 60.5 cm³/mol. The van der Waals surface area contributed by atoms with Gasteiger partial charge in [0.15, 0.2) is 0 Å². The molecule has 1 nitrogen and oxygen atoms in total. The Morgan fingerprint density at radius 3 is 2.62 bits per heavy atom. The van der Waals surface area contributed by atoms with E-state index in [0.29, 0.717) is 5.39 Å². The van der Waals surface area contributed by atoms with Gasteiger partial charge in [0, 0.05) is 17.3 Å². The van der Waals surface area contributed by atoms with Crippen LogP contribution < -0.4 is 0 Å². The van der Waals surface area contributed by atoms with Gasteiger partial charge in [0.05, 0.1) is 11.1 Å². The molecule has 16 heavy (non-hydrogen) atoms. The fourth-order valence-electron chi connectivity index (χ4n) is 1.55. The number of fused-ring (bicyclic) bond motifs is 1. The number of aromatic nitrogens is 1. The molecule has 86 valence electrons. The molecular weight excluding hydrogens is 235 g/mol. The Morgan fingerprint density at radius 2 is 2.00 bits per heavy atom. The predicted octanol–water partition coefficient (Wildman–Crippen LogP) is 4.18. The molecule has 1 heterocycles. The number of benzene rings is 1. The van der Waals surface area contributed by atoms with Crippen molar-refractivity contribution in [2.75, 3.05) is 5.75 Å². The molecule has 0 saturated carbocycles. The standard InChI is InChI=1S/C11H10F3NS/c1-2-16-15-6-5-8-7-9(11(12,13)14)3-4-10(8)15/h3-7H,2H2,1H3. The summed E-state index contributed by atoms with van der Waals surface area (Å²) >= 11 is 1.56. The molecule has 1 aromatic heterocycles. The molecule has 0 spiro atoms. The number of nitrogens with zero attached hydrogens (tertiary/aromatic N) is 1. The third-order valence-electron chi connectivity index (χ3n) is 2.25. The van der Waals surface area contributed by atoms with Gasteiger partial charge in [-0.1, -0.05) is 6.92 Å². The maximum atomic E-state index is 12.5. The first-order valence-corrected chi connectivity index (χ1v) is 5.78. The van der Waals surface area contributed by atoms with Crippen molar-refractivity contribution in [3.8, 4) is 0 Å². The van der Waals surface area contributed by atoms with Crippen molar-refractivity contribution < 1.29 is 13.2 Å². The quantitative estimate of drug-likeness (QED) is 0.768. The Labute approximate surface area is 95.4 Å². The van der Waals surface area contributed by atoms with Crippen LogP contribution in [0.25, 0.3) is 10.9 Å². The highest BCUT2D eigenvalue weighted by molar-refractivity contribution is 7.97. The summed E-state index contributed by atoms with van der Waals surface area (Å²) in [7, 11) is 0. The van der Waals surface area contributed by atoms with Crippen LogP contribution in [0.1, 0.15) is 12.5 Å². The molecule has 0 atom stereocenters. The van der Waals surface area contributed by atoms with Crippen LogP contribution in [-0.2, 0) is 6.18 Å². The van der Waals surface area contributed by atoms with Crippen molar-refractivity contribution >= 4 is 22.9 Å². The minimum absolute atomic E-state index is 0.598. The van der Waals surface area contributed by atoms with Gasteiger partial charge < -0.3 is 0 Å². The molecule has 0 aliphatic heterocycles. The highest BCUT2D eigenvalue weighted by atomic mass is 32.2. The third kappa shape index (κ3) is 2.04. The van der Waals surface area contributed by atoms with Gasteiger partial charge in [-0.05, 0) is 36.2 Å². The highest BCUT2D eigenvalue weighted by Crippen LogP contribution is 2.32. The summed E-state index contributed by atoms with van der Waals surface area (Å²) in [5, 5.41) is 0.621. The van der Waals surface area contributed by atoms with Crippen molar-refractivity contribution in [1.82, 2.24) is 3.97 Å². The average Bonchev–Trinajstić information content (AvgIpc) is 2.60. The molecule has 0 aliphatic carbocycles. The van der Waals surface area contributed by atoms with E-state index >= 15 is 0 Å². The maximum absolute atomic E-state index is 12.5. The Balaban J connectivity index is 2.49. The molecule has 0 radical (unpaired) electrons. The summed E-state index contributed by atoms with van der Waals surface area (Å²) < 4.78 is 39.3. The van der Waals surface area contributed by atoms with Crippen LogP contribution in [0.15, 0.2) is 30.5 Å². The van der Waals surface area contributed by atoms with Gasteiger partial charge >= 0.3 is 6.18 Å². The van der Waals surface area contributed by atoms with Gasteiger partial charge in [-0.25, -0.2) is 0 Å². The molecule has 2 aromatic rings. The average molecular weight is 245 g/mol. The van der Waals surface area contributed by atoms with E-state index in [1.54, 1.807) is 24.2 Å². The second kappa shape index (κ2) is 4.05. The Morgan fingerprint density at radius 1 is 1.25 bits per heavy atom. The lowest BCUT2D eigenvalue weighted by molar-refractivity contribution is -0.137. The van der Waals surface area contributed by atoms with Crippen molar-refractivity contribution in [2.24, 2.45) is 0 Å². The molecular formula is C11H10F3NS. The van der Waals surface area contributed by atoms with Crippen LogP contribution in [0.4, 0.5) is 13.2 Å². The van der Waals surface area contributed by atoms with Crippen LogP contribution in [0.5, 0.6) is 0 Å². The first kappa shape index (κ1) is 11.4. The largest absolute Gasteiger partial charge is 0.416 e. The van der Waals surface area contributed by atoms with Gasteiger partial charge in [0.25, 0.3) is 0 Å². The van der Waals surface area contributed by atoms with Crippen molar-refractivity contribution in [3.63, 3.8) is 0 Å². The number of halogens is 3. The van der Waals surface area contributed by atoms with Crippen LogP contribution in [-0.4, -0.2) is 9.73 Å². The smallest absolute Gasteiger partial charge is 0.291 e. The van der Waals surface area contributed by atoms with Gasteiger partial charge in [-0.15, -0.1) is 0 Å². The summed E-state index contributed by atoms with van der Waals surface area (Å²) in [5.74, 6) is 0.880.